The highest BCUT2D eigenvalue weighted by Gasteiger charge is 2.58. The molecule has 0 spiro atoms. The molecule has 2 heterocycles. The van der Waals surface area contributed by atoms with Crippen LogP contribution in [0.4, 0.5) is 0 Å². The van der Waals surface area contributed by atoms with Crippen LogP contribution < -0.4 is 10.2 Å². The fourth-order valence-corrected chi connectivity index (χ4v) is 5.35. The number of nitrogens with one attached hydrogen (secondary N) is 1. The number of piperidine rings is 1. The number of aliphatic hydroxyl groups is 1. The molecule has 2 N–H and O–H groups in total. The molecular formula is C20H30N2O8S. The molecule has 174 valence electrons. The molecule has 2 saturated heterocycles. The second-order valence-electron chi connectivity index (χ2n) is 8.00. The Labute approximate surface area is 182 Å². The van der Waals surface area contributed by atoms with Crippen molar-refractivity contribution in [1.29, 1.82) is 0 Å². The van der Waals surface area contributed by atoms with Gasteiger partial charge in [-0.2, -0.15) is 4.31 Å². The lowest BCUT2D eigenvalue weighted by atomic mass is 9.95. The second-order valence-corrected chi connectivity index (χ2v) is 9.89. The average Bonchev–Trinajstić information content (AvgIpc) is 3.06. The Bertz CT molecular complexity index is 874. The first-order valence-electron chi connectivity index (χ1n) is 10.2. The van der Waals surface area contributed by atoms with Crippen molar-refractivity contribution in [2.45, 2.75) is 68.6 Å². The molecule has 2 aliphatic heterocycles. The van der Waals surface area contributed by atoms with Crippen molar-refractivity contribution < 1.29 is 37.4 Å². The summed E-state index contributed by atoms with van der Waals surface area (Å²) in [6.45, 7) is 5.23. The van der Waals surface area contributed by atoms with E-state index < -0.39 is 46.1 Å². The molecule has 0 aliphatic carbocycles. The van der Waals surface area contributed by atoms with E-state index in [-0.39, 0.29) is 11.4 Å². The first-order chi connectivity index (χ1) is 14.6. The Kier molecular flexibility index (Phi) is 7.24. The maximum atomic E-state index is 13.4. The van der Waals surface area contributed by atoms with E-state index in [2.05, 4.69) is 5.48 Å². The summed E-state index contributed by atoms with van der Waals surface area (Å²) < 4.78 is 44.5. The number of sulfonamides is 1. The summed E-state index contributed by atoms with van der Waals surface area (Å²) in [5.74, 6) is -1.28. The van der Waals surface area contributed by atoms with Crippen molar-refractivity contribution >= 4 is 15.9 Å². The summed E-state index contributed by atoms with van der Waals surface area (Å²) in [4.78, 5) is 18.2. The molecule has 0 radical (unpaired) electrons. The summed E-state index contributed by atoms with van der Waals surface area (Å²) in [5.41, 5.74) is 2.33. The molecule has 0 aromatic heterocycles. The number of aliphatic hydroxyl groups excluding tert-OH is 1. The standard InChI is InChI=1S/C20H30N2O8S/c1-5-6-11-28-21-19(24)16-18-17(29-20(2,3)30-18)15(23)12-22(16)31(25,26)14-9-7-13(27-4)8-10-14/h7-10,15-18,23H,5-6,11-12H2,1-4H3,(H,21,24)/t15-,16-,17-,18+/m1/s1. The van der Waals surface area contributed by atoms with Crippen LogP contribution in [0.3, 0.4) is 0 Å². The van der Waals surface area contributed by atoms with Gasteiger partial charge in [0, 0.05) is 6.54 Å². The van der Waals surface area contributed by atoms with Crippen LogP contribution in [0.5, 0.6) is 5.75 Å². The zero-order valence-corrected chi connectivity index (χ0v) is 18.9. The van der Waals surface area contributed by atoms with Gasteiger partial charge >= 0.3 is 0 Å². The number of hydrogen-bond donors (Lipinski definition) is 2. The Morgan fingerprint density at radius 3 is 2.52 bits per heavy atom. The van der Waals surface area contributed by atoms with Gasteiger partial charge in [-0.1, -0.05) is 13.3 Å². The third-order valence-corrected chi connectivity index (χ3v) is 7.10. The van der Waals surface area contributed by atoms with E-state index in [0.717, 1.165) is 17.1 Å². The van der Waals surface area contributed by atoms with E-state index in [0.29, 0.717) is 12.4 Å². The summed E-state index contributed by atoms with van der Waals surface area (Å²) in [6, 6.07) is 4.50. The predicted octanol–water partition coefficient (Wildman–Crippen LogP) is 0.797. The van der Waals surface area contributed by atoms with Gasteiger partial charge < -0.3 is 19.3 Å². The van der Waals surface area contributed by atoms with Gasteiger partial charge in [0.15, 0.2) is 5.79 Å². The number of β-amino-alcohol motifs (C(OH)–C–C–N with tert-alkyl or cyclic N) is 1. The van der Waals surface area contributed by atoms with Gasteiger partial charge in [-0.25, -0.2) is 13.9 Å². The van der Waals surface area contributed by atoms with Crippen LogP contribution >= 0.6 is 0 Å². The molecule has 31 heavy (non-hydrogen) atoms. The number of methoxy groups -OCH3 is 1. The minimum Gasteiger partial charge on any atom is -0.497 e. The fraction of sp³-hybridized carbons (Fsp3) is 0.650. The molecule has 2 aliphatic rings. The highest BCUT2D eigenvalue weighted by Crippen LogP contribution is 2.38. The van der Waals surface area contributed by atoms with Gasteiger partial charge in [0.25, 0.3) is 5.91 Å². The Hall–Kier alpha value is -1.76. The van der Waals surface area contributed by atoms with Gasteiger partial charge in [-0.05, 0) is 44.5 Å². The van der Waals surface area contributed by atoms with Crippen molar-refractivity contribution in [1.82, 2.24) is 9.79 Å². The summed E-state index contributed by atoms with van der Waals surface area (Å²) in [5, 5.41) is 10.6. The highest BCUT2D eigenvalue weighted by molar-refractivity contribution is 7.89. The Morgan fingerprint density at radius 2 is 1.90 bits per heavy atom. The topological polar surface area (TPSA) is 124 Å². The van der Waals surface area contributed by atoms with Crippen molar-refractivity contribution in [3.8, 4) is 5.75 Å². The van der Waals surface area contributed by atoms with Crippen LogP contribution in [0.25, 0.3) is 0 Å². The number of hydrogen-bond acceptors (Lipinski definition) is 8. The molecule has 2 fully saturated rings. The van der Waals surface area contributed by atoms with E-state index in [4.69, 9.17) is 19.0 Å². The first kappa shape index (κ1) is 23.9. The molecule has 1 aromatic carbocycles. The van der Waals surface area contributed by atoms with Crippen LogP contribution in [0.15, 0.2) is 29.2 Å². The second kappa shape index (κ2) is 9.39. The van der Waals surface area contributed by atoms with Gasteiger partial charge in [0.2, 0.25) is 10.0 Å². The van der Waals surface area contributed by atoms with E-state index in [1.165, 1.54) is 31.4 Å². The molecule has 1 aromatic rings. The lowest BCUT2D eigenvalue weighted by Crippen LogP contribution is -2.65. The van der Waals surface area contributed by atoms with E-state index in [1.54, 1.807) is 13.8 Å². The number of rotatable bonds is 8. The normalized spacial score (nSPS) is 28.2. The number of amides is 1. The van der Waals surface area contributed by atoms with Crippen LogP contribution in [-0.4, -0.2) is 74.1 Å². The monoisotopic (exact) mass is 458 g/mol. The van der Waals surface area contributed by atoms with E-state index >= 15 is 0 Å². The zero-order valence-electron chi connectivity index (χ0n) is 18.1. The van der Waals surface area contributed by atoms with Crippen LogP contribution in [0.1, 0.15) is 33.6 Å². The first-order valence-corrected chi connectivity index (χ1v) is 11.7. The number of ether oxygens (including phenoxy) is 3. The number of carbonyl (C=O) groups excluding carboxylic acids is 1. The third-order valence-electron chi connectivity index (χ3n) is 5.24. The zero-order chi connectivity index (χ0) is 22.8. The largest absolute Gasteiger partial charge is 0.497 e. The van der Waals surface area contributed by atoms with Gasteiger partial charge in [-0.15, -0.1) is 0 Å². The predicted molar refractivity (Wildman–Crippen MR) is 110 cm³/mol. The highest BCUT2D eigenvalue weighted by atomic mass is 32.2. The number of benzene rings is 1. The molecule has 3 rings (SSSR count). The van der Waals surface area contributed by atoms with Gasteiger partial charge in [-0.3, -0.25) is 9.63 Å². The smallest absolute Gasteiger partial charge is 0.264 e. The van der Waals surface area contributed by atoms with Crippen LogP contribution in [-0.2, 0) is 29.1 Å². The molecular weight excluding hydrogens is 428 g/mol. The molecule has 0 unspecified atom stereocenters. The fourth-order valence-electron chi connectivity index (χ4n) is 3.73. The van der Waals surface area contributed by atoms with Crippen molar-refractivity contribution in [2.24, 2.45) is 0 Å². The quantitative estimate of drug-likeness (QED) is 0.433. The number of carbonyl (C=O) groups is 1. The maximum absolute atomic E-state index is 13.4. The summed E-state index contributed by atoms with van der Waals surface area (Å²) >= 11 is 0. The SMILES string of the molecule is CCCCONC(=O)[C@H]1[C@@H]2OC(C)(C)O[C@@H]2[C@H](O)CN1S(=O)(=O)c1ccc(OC)cc1. The van der Waals surface area contributed by atoms with Crippen molar-refractivity contribution in [2.75, 3.05) is 20.3 Å². The summed E-state index contributed by atoms with van der Waals surface area (Å²) in [7, 11) is -2.68. The molecule has 0 saturated carbocycles. The minimum absolute atomic E-state index is 0.0400. The molecule has 4 atom stereocenters. The lowest BCUT2D eigenvalue weighted by Gasteiger charge is -2.41. The van der Waals surface area contributed by atoms with Crippen LogP contribution in [0, 0.1) is 0 Å². The third kappa shape index (κ3) is 5.02. The van der Waals surface area contributed by atoms with Gasteiger partial charge in [0.1, 0.15) is 24.0 Å². The van der Waals surface area contributed by atoms with Crippen molar-refractivity contribution in [3.05, 3.63) is 24.3 Å². The molecule has 1 amide bonds. The maximum Gasteiger partial charge on any atom is 0.264 e. The average molecular weight is 459 g/mol. The number of unbranched alkanes of at least 4 members (excludes halogenated alkanes) is 1. The number of fused-ring (bicyclic) bond motifs is 1. The van der Waals surface area contributed by atoms with Gasteiger partial charge in [0.05, 0.1) is 24.7 Å². The van der Waals surface area contributed by atoms with Crippen LogP contribution in [0.2, 0.25) is 0 Å². The molecule has 0 bridgehead atoms. The molecule has 10 nitrogen and oxygen atoms in total. The Balaban J connectivity index is 1.94. The van der Waals surface area contributed by atoms with E-state index in [9.17, 15) is 18.3 Å². The summed E-state index contributed by atoms with van der Waals surface area (Å²) in [6.07, 6.45) is -1.44. The number of nitrogens with zero attached hydrogens (tertiary/aromatic N) is 1. The Morgan fingerprint density at radius 1 is 1.26 bits per heavy atom. The lowest BCUT2D eigenvalue weighted by molar-refractivity contribution is -0.156. The molecule has 11 heteroatoms. The number of hydroxylamine groups is 1. The van der Waals surface area contributed by atoms with Crippen molar-refractivity contribution in [3.63, 3.8) is 0 Å². The minimum atomic E-state index is -4.16. The van der Waals surface area contributed by atoms with E-state index in [1.807, 2.05) is 6.92 Å².